The molecule has 22 heteroatoms. The molecule has 21 nitrogen and oxygen atoms in total. The Morgan fingerprint density at radius 3 is 2.19 bits per heavy atom. The Bertz CT molecular complexity index is 1990. The zero-order valence-electron chi connectivity index (χ0n) is 32.7. The summed E-state index contributed by atoms with van der Waals surface area (Å²) in [4.78, 5) is 114. The molecule has 3 aliphatic heterocycles. The summed E-state index contributed by atoms with van der Waals surface area (Å²) in [5.41, 5.74) is -0.960. The molecule has 1 aromatic heterocycles. The summed E-state index contributed by atoms with van der Waals surface area (Å²) in [6, 6.07) is -4.38. The van der Waals surface area contributed by atoms with Crippen molar-refractivity contribution >= 4 is 70.0 Å². The first kappa shape index (κ1) is 44.8. The van der Waals surface area contributed by atoms with Gasteiger partial charge in [-0.3, -0.25) is 33.6 Å². The molecule has 59 heavy (non-hydrogen) atoms. The van der Waals surface area contributed by atoms with Crippen molar-refractivity contribution in [1.82, 2.24) is 41.8 Å². The molecule has 12 N–H and O–H groups in total. The van der Waals surface area contributed by atoms with E-state index in [1.807, 2.05) is 0 Å². The van der Waals surface area contributed by atoms with Crippen molar-refractivity contribution in [2.45, 2.75) is 112 Å². The smallest absolute Gasteiger partial charge is 0.335 e. The van der Waals surface area contributed by atoms with E-state index in [-0.39, 0.29) is 25.1 Å². The van der Waals surface area contributed by atoms with Crippen molar-refractivity contribution in [2.75, 3.05) is 18.9 Å². The van der Waals surface area contributed by atoms with Crippen molar-refractivity contribution in [3.05, 3.63) is 29.8 Å². The summed E-state index contributed by atoms with van der Waals surface area (Å²) in [5, 5.41) is 67.6. The van der Waals surface area contributed by atoms with Crippen molar-refractivity contribution < 1.29 is 63.9 Å². The van der Waals surface area contributed by atoms with Crippen LogP contribution in [0.2, 0.25) is 0 Å². The van der Waals surface area contributed by atoms with Crippen molar-refractivity contribution in [3.8, 4) is 0 Å². The van der Waals surface area contributed by atoms with E-state index >= 15 is 0 Å². The number of fused-ring (bicyclic) bond motifs is 5. The van der Waals surface area contributed by atoms with E-state index in [0.717, 1.165) is 16.7 Å². The fraction of sp³-hybridized carbons (Fsp3) is 0.568. The monoisotopic (exact) mass is 846 g/mol. The second kappa shape index (κ2) is 18.3. The van der Waals surface area contributed by atoms with E-state index in [4.69, 9.17) is 0 Å². The van der Waals surface area contributed by atoms with Crippen LogP contribution in [0.25, 0.3) is 10.9 Å². The molecule has 2 aromatic rings. The molecular weight excluding hydrogens is 797 g/mol. The summed E-state index contributed by atoms with van der Waals surface area (Å²) in [7, 11) is 0. The number of hydrogen-bond acceptors (Lipinski definition) is 13. The van der Waals surface area contributed by atoms with Gasteiger partial charge in [-0.25, -0.2) is 4.79 Å². The molecular formula is C37H50N8O13S. The molecule has 322 valence electrons. The number of nitrogens with zero attached hydrogens (tertiary/aromatic N) is 1. The number of H-pyrrole nitrogens is 1. The van der Waals surface area contributed by atoms with Gasteiger partial charge in [-0.15, -0.1) is 11.8 Å². The van der Waals surface area contributed by atoms with Crippen molar-refractivity contribution in [2.24, 2.45) is 5.92 Å². The third-order valence-corrected chi connectivity index (χ3v) is 11.6. The summed E-state index contributed by atoms with van der Waals surface area (Å²) >= 11 is 0.978. The van der Waals surface area contributed by atoms with E-state index in [2.05, 4.69) is 36.9 Å². The Kier molecular flexibility index (Phi) is 13.9. The van der Waals surface area contributed by atoms with Crippen LogP contribution in [0.5, 0.6) is 0 Å². The van der Waals surface area contributed by atoms with E-state index in [1.165, 1.54) is 27.7 Å². The van der Waals surface area contributed by atoms with Crippen LogP contribution in [0, 0.1) is 5.92 Å². The van der Waals surface area contributed by atoms with Gasteiger partial charge in [0.1, 0.15) is 42.3 Å². The number of aliphatic hydroxyl groups excluding tert-OH is 3. The lowest BCUT2D eigenvalue weighted by Crippen LogP contribution is -2.64. The van der Waals surface area contributed by atoms with Crippen molar-refractivity contribution in [1.29, 1.82) is 0 Å². The second-order valence-corrected chi connectivity index (χ2v) is 16.7. The maximum absolute atomic E-state index is 14.4. The maximum Gasteiger partial charge on any atom is 0.335 e. The number of benzene rings is 1. The minimum absolute atomic E-state index is 0.259. The summed E-state index contributed by atoms with van der Waals surface area (Å²) < 4.78 is 0. The quantitative estimate of drug-likeness (QED) is 0.132. The molecule has 2 bridgehead atoms. The lowest BCUT2D eigenvalue weighted by molar-refractivity contribution is -0.152. The molecule has 0 spiro atoms. The highest BCUT2D eigenvalue weighted by molar-refractivity contribution is 7.99. The molecule has 4 unspecified atom stereocenters. The minimum Gasteiger partial charge on any atom is -0.479 e. The van der Waals surface area contributed by atoms with Gasteiger partial charge in [-0.2, -0.15) is 0 Å². The second-order valence-electron chi connectivity index (χ2n) is 15.7. The van der Waals surface area contributed by atoms with Gasteiger partial charge < -0.3 is 67.3 Å². The van der Waals surface area contributed by atoms with Gasteiger partial charge in [0.05, 0.1) is 23.3 Å². The van der Waals surface area contributed by atoms with Crippen LogP contribution < -0.4 is 31.9 Å². The summed E-state index contributed by atoms with van der Waals surface area (Å²) in [6.45, 7) is 4.26. The van der Waals surface area contributed by atoms with Gasteiger partial charge in [-0.1, -0.05) is 32.0 Å². The molecule has 1 aromatic carbocycles. The third kappa shape index (κ3) is 10.3. The Balaban J connectivity index is 1.73. The lowest BCUT2D eigenvalue weighted by atomic mass is 9.95. The molecule has 1 fully saturated rings. The van der Waals surface area contributed by atoms with Crippen LogP contribution in [0.1, 0.15) is 46.1 Å². The number of aromatic nitrogens is 1. The third-order valence-electron chi connectivity index (χ3n) is 10.5. The number of aliphatic hydroxyl groups is 4. The molecule has 7 amide bonds. The first-order valence-electron chi connectivity index (χ1n) is 19.0. The maximum atomic E-state index is 14.4. The average Bonchev–Trinajstić information content (AvgIpc) is 3.74. The molecule has 3 aliphatic rings. The fourth-order valence-corrected chi connectivity index (χ4v) is 8.25. The number of thioether (sulfide) groups is 1. The molecule has 1 saturated heterocycles. The van der Waals surface area contributed by atoms with Crippen LogP contribution in [0.15, 0.2) is 29.3 Å². The minimum atomic E-state index is -2.58. The SMILES string of the molecule is CC(C)[C@@H]1NC(=O)[C@H](CC(C)(O)CO)NC(=O)[C@@H]2Cc3c([nH]c4ccccc34)SC[C@H](NC(=O)[C@H](C(O)C(=O)O)NC1=O)C(=O)N1CC(O)CC1C(=O)N[C@@H](C)C(=O)N2. The Morgan fingerprint density at radius 1 is 0.881 bits per heavy atom. The van der Waals surface area contributed by atoms with Crippen LogP contribution in [0.3, 0.4) is 0 Å². The number of rotatable bonds is 6. The van der Waals surface area contributed by atoms with Gasteiger partial charge in [0.15, 0.2) is 6.10 Å². The summed E-state index contributed by atoms with van der Waals surface area (Å²) in [5.74, 6) is -10.1. The number of aromatic amines is 1. The first-order valence-corrected chi connectivity index (χ1v) is 20.0. The predicted octanol–water partition coefficient (Wildman–Crippen LogP) is -4.04. The van der Waals surface area contributed by atoms with Gasteiger partial charge in [0.25, 0.3) is 0 Å². The largest absolute Gasteiger partial charge is 0.479 e. The number of amides is 7. The summed E-state index contributed by atoms with van der Waals surface area (Å²) in [6.07, 6.45) is -4.92. The molecule has 4 heterocycles. The van der Waals surface area contributed by atoms with E-state index in [1.54, 1.807) is 24.3 Å². The molecule has 0 aliphatic carbocycles. The zero-order chi connectivity index (χ0) is 43.5. The van der Waals surface area contributed by atoms with Crippen LogP contribution in [-0.4, -0.2) is 162 Å². The van der Waals surface area contributed by atoms with Gasteiger partial charge in [0, 0.05) is 42.5 Å². The molecule has 0 saturated carbocycles. The van der Waals surface area contributed by atoms with E-state index in [9.17, 15) is 63.9 Å². The average molecular weight is 847 g/mol. The molecule has 5 rings (SSSR count). The first-order chi connectivity index (χ1) is 27.7. The Hall–Kier alpha value is -5.29. The number of nitrogens with one attached hydrogen (secondary N) is 7. The lowest BCUT2D eigenvalue weighted by Gasteiger charge is -2.32. The van der Waals surface area contributed by atoms with Gasteiger partial charge in [0.2, 0.25) is 41.4 Å². The van der Waals surface area contributed by atoms with Crippen LogP contribution >= 0.6 is 11.8 Å². The number of carboxylic acids is 1. The Morgan fingerprint density at radius 2 is 1.53 bits per heavy atom. The number of carboxylic acid groups (broad SMARTS) is 1. The number of carbonyl (C=O) groups excluding carboxylic acids is 7. The number of hydrogen-bond donors (Lipinski definition) is 12. The van der Waals surface area contributed by atoms with Gasteiger partial charge >= 0.3 is 5.97 Å². The number of aliphatic carboxylic acids is 1. The van der Waals surface area contributed by atoms with Gasteiger partial charge in [-0.05, 0) is 31.4 Å². The topological polar surface area (TPSA) is 329 Å². The normalized spacial score (nSPS) is 29.5. The standard InChI is InChI=1S/C37H50N8O13S/c1-15(2)25-32(53)44-26(27(48)36(56)57)33(54)41-23-13-59-34-19(18-7-5-6-8-20(18)42-34)10-21(29(50)40-22(30(51)43-25)11-37(4,58)14-46)39-28(49)16(3)38-31(52)24-9-17(47)12-45(24)35(23)55/h5-8,15-17,21-27,42,46-48,58H,9-14H2,1-4H3,(H,38,52)(H,39,49)(H,40,50)(H,41,54)(H,43,51)(H,44,53)(H,56,57)/t16-,17?,21-,22-,23-,24?,25-,26-,27?,37?/m0/s1. The number of carbonyl (C=O) groups is 8. The predicted molar refractivity (Wildman–Crippen MR) is 207 cm³/mol. The molecule has 0 radical (unpaired) electrons. The van der Waals surface area contributed by atoms with Crippen molar-refractivity contribution in [3.63, 3.8) is 0 Å². The highest BCUT2D eigenvalue weighted by Gasteiger charge is 2.45. The zero-order valence-corrected chi connectivity index (χ0v) is 33.5. The van der Waals surface area contributed by atoms with Crippen LogP contribution in [0.4, 0.5) is 0 Å². The highest BCUT2D eigenvalue weighted by Crippen LogP contribution is 2.32. The Labute approximate surface area is 341 Å². The van der Waals surface area contributed by atoms with E-state index < -0.39 is 126 Å². The highest BCUT2D eigenvalue weighted by atomic mass is 32.2. The van der Waals surface area contributed by atoms with E-state index in [0.29, 0.717) is 21.5 Å². The fourth-order valence-electron chi connectivity index (χ4n) is 7.14. The molecule has 10 atom stereocenters. The number of para-hydroxylation sites is 1. The van der Waals surface area contributed by atoms with Crippen LogP contribution in [-0.2, 0) is 44.8 Å².